The molecule has 1 aliphatic rings. The fourth-order valence-electron chi connectivity index (χ4n) is 4.60. The van der Waals surface area contributed by atoms with Crippen LogP contribution in [-0.4, -0.2) is 13.1 Å². The molecule has 0 radical (unpaired) electrons. The lowest BCUT2D eigenvalue weighted by Gasteiger charge is -2.31. The average Bonchev–Trinajstić information content (AvgIpc) is 2.80. The van der Waals surface area contributed by atoms with E-state index in [1.165, 1.54) is 70.9 Å². The quantitative estimate of drug-likeness (QED) is 0.376. The lowest BCUT2D eigenvalue weighted by atomic mass is 9.85. The summed E-state index contributed by atoms with van der Waals surface area (Å²) in [6.45, 7) is 14.2. The molecule has 4 rings (SSSR count). The van der Waals surface area contributed by atoms with Crippen LogP contribution in [0.15, 0.2) is 60.7 Å². The Morgan fingerprint density at radius 1 is 0.818 bits per heavy atom. The molecule has 3 aromatic rings. The molecule has 1 aliphatic heterocycles. The number of hydrogen-bond donors (Lipinski definition) is 0. The normalized spacial score (nSPS) is 14.8. The number of ether oxygens (including phenoxy) is 1. The largest absolute Gasteiger partial charge is 0.488 e. The van der Waals surface area contributed by atoms with Crippen molar-refractivity contribution < 1.29 is 4.74 Å². The summed E-state index contributed by atoms with van der Waals surface area (Å²) in [5.74, 6) is 1.07. The maximum Gasteiger partial charge on any atom is 0.131 e. The zero-order chi connectivity index (χ0) is 23.4. The Morgan fingerprint density at radius 3 is 2.24 bits per heavy atom. The Balaban J connectivity index is 1.73. The molecule has 0 aromatic heterocycles. The van der Waals surface area contributed by atoms with E-state index in [1.807, 2.05) is 0 Å². The minimum atomic E-state index is 0.0141. The molecule has 33 heavy (non-hydrogen) atoms. The molecule has 1 heterocycles. The van der Waals surface area contributed by atoms with Gasteiger partial charge in [0, 0.05) is 34.9 Å². The van der Waals surface area contributed by atoms with Crippen LogP contribution in [0, 0.1) is 13.8 Å². The number of anilines is 1. The van der Waals surface area contributed by atoms with Gasteiger partial charge in [-0.1, -0.05) is 77.9 Å². The van der Waals surface area contributed by atoms with Gasteiger partial charge in [0.15, 0.2) is 0 Å². The molecule has 3 aromatic carbocycles. The Morgan fingerprint density at radius 2 is 1.55 bits per heavy atom. The van der Waals surface area contributed by atoms with Gasteiger partial charge in [0.2, 0.25) is 0 Å². The lowest BCUT2D eigenvalue weighted by molar-refractivity contribution is 0.300. The van der Waals surface area contributed by atoms with Crippen molar-refractivity contribution in [3.8, 4) is 5.75 Å². The van der Waals surface area contributed by atoms with Crippen LogP contribution in [-0.2, 0) is 12.0 Å². The Labute approximate surface area is 202 Å². The monoisotopic (exact) mass is 459 g/mol. The smallest absolute Gasteiger partial charge is 0.131 e. The van der Waals surface area contributed by atoms with Crippen LogP contribution in [0.4, 0.5) is 5.69 Å². The van der Waals surface area contributed by atoms with Crippen LogP contribution < -0.4 is 20.2 Å². The molecule has 0 aliphatic carbocycles. The summed E-state index contributed by atoms with van der Waals surface area (Å²) in [5.41, 5.74) is 6.58. The number of aryl methyl sites for hydroxylation is 2. The topological polar surface area (TPSA) is 12.5 Å². The van der Waals surface area contributed by atoms with Gasteiger partial charge in [0.1, 0.15) is 12.4 Å². The number of nitrogens with zero attached hydrogens (tertiary/aromatic N) is 1. The van der Waals surface area contributed by atoms with E-state index in [0.29, 0.717) is 15.2 Å². The fourth-order valence-corrected chi connectivity index (χ4v) is 6.03. The summed E-state index contributed by atoms with van der Waals surface area (Å²) in [7, 11) is 0.568. The van der Waals surface area contributed by atoms with Gasteiger partial charge in [-0.25, -0.2) is 0 Å². The van der Waals surface area contributed by atoms with E-state index < -0.39 is 0 Å². The summed E-state index contributed by atoms with van der Waals surface area (Å²) < 4.78 is 6.61. The number of rotatable bonds is 6. The van der Waals surface area contributed by atoms with Crippen LogP contribution in [0.1, 0.15) is 62.3 Å². The predicted octanol–water partition coefficient (Wildman–Crippen LogP) is 6.80. The summed E-state index contributed by atoms with van der Waals surface area (Å²) in [6.07, 6.45) is 3.94. The van der Waals surface area contributed by atoms with Gasteiger partial charge in [-0.2, -0.15) is 0 Å². The predicted molar refractivity (Wildman–Crippen MR) is 145 cm³/mol. The molecule has 3 heteroatoms. The van der Waals surface area contributed by atoms with Crippen LogP contribution in [0.2, 0.25) is 0 Å². The SMILES string of the molecule is Cc1ccc(Pc2cc(C)cc(C(C)(C)C)c2OCc2ccccc2)c(N2CCCCC2)c1. The zero-order valence-electron chi connectivity index (χ0n) is 20.9. The number of hydrogen-bond acceptors (Lipinski definition) is 2. The van der Waals surface area contributed by atoms with Gasteiger partial charge in [-0.15, -0.1) is 0 Å². The third kappa shape index (κ3) is 5.98. The van der Waals surface area contributed by atoms with Gasteiger partial charge >= 0.3 is 0 Å². The molecule has 0 N–H and O–H groups in total. The highest BCUT2D eigenvalue weighted by Gasteiger charge is 2.24. The van der Waals surface area contributed by atoms with E-state index in [4.69, 9.17) is 4.74 Å². The zero-order valence-corrected chi connectivity index (χ0v) is 21.9. The fraction of sp³-hybridized carbons (Fsp3) is 0.400. The second kappa shape index (κ2) is 10.3. The van der Waals surface area contributed by atoms with Gasteiger partial charge in [0.25, 0.3) is 0 Å². The van der Waals surface area contributed by atoms with Crippen LogP contribution in [0.5, 0.6) is 5.75 Å². The van der Waals surface area contributed by atoms with Crippen LogP contribution >= 0.6 is 8.58 Å². The third-order valence-corrected chi connectivity index (χ3v) is 7.72. The van der Waals surface area contributed by atoms with Crippen molar-refractivity contribution in [2.45, 2.75) is 65.9 Å². The van der Waals surface area contributed by atoms with Crippen molar-refractivity contribution in [2.24, 2.45) is 0 Å². The first kappa shape index (κ1) is 23.8. The molecule has 1 unspecified atom stereocenters. The van der Waals surface area contributed by atoms with Crippen LogP contribution in [0.25, 0.3) is 0 Å². The number of piperidine rings is 1. The summed E-state index contributed by atoms with van der Waals surface area (Å²) in [6, 6.07) is 22.2. The molecule has 0 saturated carbocycles. The molecule has 1 fully saturated rings. The highest BCUT2D eigenvalue weighted by Crippen LogP contribution is 2.36. The number of benzene rings is 3. The first-order chi connectivity index (χ1) is 15.8. The van der Waals surface area contributed by atoms with Crippen molar-refractivity contribution in [1.29, 1.82) is 0 Å². The van der Waals surface area contributed by atoms with Gasteiger partial charge in [-0.05, 0) is 67.3 Å². The molecule has 0 bridgehead atoms. The Bertz CT molecular complexity index is 1080. The summed E-state index contributed by atoms with van der Waals surface area (Å²) in [4.78, 5) is 2.60. The second-order valence-electron chi connectivity index (χ2n) is 10.4. The van der Waals surface area contributed by atoms with Gasteiger partial charge < -0.3 is 9.64 Å². The Hall–Kier alpha value is -2.31. The maximum absolute atomic E-state index is 6.61. The van der Waals surface area contributed by atoms with Crippen molar-refractivity contribution in [3.05, 3.63) is 82.9 Å². The first-order valence-corrected chi connectivity index (χ1v) is 13.3. The summed E-state index contributed by atoms with van der Waals surface area (Å²) >= 11 is 0. The van der Waals surface area contributed by atoms with Crippen molar-refractivity contribution >= 4 is 24.9 Å². The lowest BCUT2D eigenvalue weighted by Crippen LogP contribution is -2.32. The average molecular weight is 460 g/mol. The van der Waals surface area contributed by atoms with E-state index in [9.17, 15) is 0 Å². The maximum atomic E-state index is 6.61. The van der Waals surface area contributed by atoms with E-state index in [-0.39, 0.29) is 5.41 Å². The third-order valence-electron chi connectivity index (χ3n) is 6.39. The van der Waals surface area contributed by atoms with Crippen molar-refractivity contribution in [2.75, 3.05) is 18.0 Å². The standard InChI is InChI=1S/C30H38NOP/c1-22-14-15-27(26(19-22)31-16-10-7-11-17-31)33-28-20-23(2)18-25(30(3,4)5)29(28)32-21-24-12-8-6-9-13-24/h6,8-9,12-15,18-20,33H,7,10-11,16-17,21H2,1-5H3. The van der Waals surface area contributed by atoms with E-state index in [0.717, 1.165) is 5.75 Å². The van der Waals surface area contributed by atoms with Gasteiger partial charge in [0.05, 0.1) is 0 Å². The first-order valence-electron chi connectivity index (χ1n) is 12.3. The van der Waals surface area contributed by atoms with E-state index in [2.05, 4.69) is 100 Å². The molecule has 0 spiro atoms. The Kier molecular flexibility index (Phi) is 7.45. The minimum Gasteiger partial charge on any atom is -0.488 e. The highest BCUT2D eigenvalue weighted by molar-refractivity contribution is 7.56. The van der Waals surface area contributed by atoms with E-state index in [1.54, 1.807) is 0 Å². The van der Waals surface area contributed by atoms with Crippen LogP contribution in [0.3, 0.4) is 0 Å². The highest BCUT2D eigenvalue weighted by atomic mass is 31.1. The van der Waals surface area contributed by atoms with E-state index >= 15 is 0 Å². The molecule has 1 atom stereocenters. The molecule has 0 amide bonds. The molecule has 2 nitrogen and oxygen atoms in total. The van der Waals surface area contributed by atoms with Crippen molar-refractivity contribution in [3.63, 3.8) is 0 Å². The van der Waals surface area contributed by atoms with Crippen molar-refractivity contribution in [1.82, 2.24) is 0 Å². The molecular formula is C30H38NOP. The minimum absolute atomic E-state index is 0.0141. The molecule has 1 saturated heterocycles. The van der Waals surface area contributed by atoms with Gasteiger partial charge in [-0.3, -0.25) is 0 Å². The molecular weight excluding hydrogens is 421 g/mol. The second-order valence-corrected chi connectivity index (χ2v) is 11.7. The molecule has 174 valence electrons. The summed E-state index contributed by atoms with van der Waals surface area (Å²) in [5, 5.41) is 2.75.